The number of nitrogens with zero attached hydrogens (tertiary/aromatic N) is 2. The van der Waals surface area contributed by atoms with Crippen LogP contribution in [-0.2, 0) is 5.41 Å². The fraction of sp³-hybridized carbons (Fsp3) is 0.0333. The standard InChI is InChI=1S/C60H40N2S/c1-60(46-21-9-4-10-22-46)52-28-13-11-24-51(52)57-47(25-16-29-53(57)60)44-35-43(39-17-5-2-6-18-39)36-45(37-44)55-38-54(61-59(62-55)42-19-7-3-8-20-42)41-33-31-40(32-34-41)48-26-15-27-50-49-23-12-14-30-56(49)63-58(48)50/h2-38H,1H3. The van der Waals surface area contributed by atoms with Gasteiger partial charge in [0.25, 0.3) is 0 Å². The van der Waals surface area contributed by atoms with Crippen molar-refractivity contribution in [1.29, 1.82) is 0 Å². The maximum Gasteiger partial charge on any atom is 0.160 e. The van der Waals surface area contributed by atoms with Gasteiger partial charge in [0, 0.05) is 42.3 Å². The van der Waals surface area contributed by atoms with E-state index in [0.717, 1.165) is 44.8 Å². The molecule has 1 aliphatic carbocycles. The van der Waals surface area contributed by atoms with Crippen LogP contribution >= 0.6 is 11.3 Å². The van der Waals surface area contributed by atoms with Gasteiger partial charge in [0.2, 0.25) is 0 Å². The summed E-state index contributed by atoms with van der Waals surface area (Å²) in [6.45, 7) is 2.38. The van der Waals surface area contributed by atoms with Crippen LogP contribution in [0.3, 0.4) is 0 Å². The Kier molecular flexibility index (Phi) is 8.84. The summed E-state index contributed by atoms with van der Waals surface area (Å²) in [4.78, 5) is 10.6. The van der Waals surface area contributed by atoms with Gasteiger partial charge in [0.15, 0.2) is 5.82 Å². The van der Waals surface area contributed by atoms with Crippen molar-refractivity contribution in [2.45, 2.75) is 12.3 Å². The van der Waals surface area contributed by atoms with Gasteiger partial charge < -0.3 is 0 Å². The Morgan fingerprint density at radius 3 is 1.71 bits per heavy atom. The number of thiophene rings is 1. The molecule has 0 fully saturated rings. The summed E-state index contributed by atoms with van der Waals surface area (Å²) >= 11 is 1.86. The first-order valence-electron chi connectivity index (χ1n) is 21.6. The summed E-state index contributed by atoms with van der Waals surface area (Å²) in [6.07, 6.45) is 0. The SMILES string of the molecule is CC1(c2ccccc2)c2ccccc2-c2c(-c3cc(-c4ccccc4)cc(-c4cc(-c5ccc(-c6cccc7c6sc6ccccc67)cc5)nc(-c5ccccc5)n4)c3)cccc21. The smallest absolute Gasteiger partial charge is 0.160 e. The Morgan fingerprint density at radius 2 is 0.921 bits per heavy atom. The zero-order chi connectivity index (χ0) is 41.9. The van der Waals surface area contributed by atoms with E-state index in [2.05, 4.69) is 225 Å². The van der Waals surface area contributed by atoms with Crippen LogP contribution in [0.25, 0.3) is 98.6 Å². The topological polar surface area (TPSA) is 25.8 Å². The van der Waals surface area contributed by atoms with E-state index in [9.17, 15) is 0 Å². The van der Waals surface area contributed by atoms with E-state index < -0.39 is 0 Å². The predicted octanol–water partition coefficient (Wildman–Crippen LogP) is 16.2. The number of hydrogen-bond acceptors (Lipinski definition) is 3. The predicted molar refractivity (Wildman–Crippen MR) is 265 cm³/mol. The highest BCUT2D eigenvalue weighted by Crippen LogP contribution is 2.55. The Hall–Kier alpha value is -7.72. The zero-order valence-corrected chi connectivity index (χ0v) is 35.5. The highest BCUT2D eigenvalue weighted by molar-refractivity contribution is 7.26. The fourth-order valence-electron chi connectivity index (χ4n) is 9.85. The third-order valence-electron chi connectivity index (χ3n) is 13.0. The van der Waals surface area contributed by atoms with Crippen LogP contribution in [0.15, 0.2) is 224 Å². The molecule has 0 spiro atoms. The van der Waals surface area contributed by atoms with Crippen molar-refractivity contribution in [3.63, 3.8) is 0 Å². The minimum atomic E-state index is -0.296. The minimum absolute atomic E-state index is 0.296. The average molecular weight is 821 g/mol. The van der Waals surface area contributed by atoms with E-state index in [4.69, 9.17) is 9.97 Å². The largest absolute Gasteiger partial charge is 0.228 e. The molecule has 0 bridgehead atoms. The first kappa shape index (κ1) is 37.1. The molecular weight excluding hydrogens is 781 g/mol. The van der Waals surface area contributed by atoms with Gasteiger partial charge in [0.05, 0.1) is 11.4 Å². The van der Waals surface area contributed by atoms with Gasteiger partial charge in [-0.15, -0.1) is 11.3 Å². The van der Waals surface area contributed by atoms with E-state index in [1.54, 1.807) is 0 Å². The van der Waals surface area contributed by atoms with Crippen molar-refractivity contribution in [3.8, 4) is 78.4 Å². The maximum absolute atomic E-state index is 5.35. The molecule has 12 rings (SSSR count). The third-order valence-corrected chi connectivity index (χ3v) is 14.2. The number of rotatable bonds is 7. The Morgan fingerprint density at radius 1 is 0.365 bits per heavy atom. The highest BCUT2D eigenvalue weighted by atomic mass is 32.1. The molecule has 63 heavy (non-hydrogen) atoms. The van der Waals surface area contributed by atoms with Gasteiger partial charge in [-0.25, -0.2) is 9.97 Å². The van der Waals surface area contributed by atoms with Crippen molar-refractivity contribution in [1.82, 2.24) is 9.97 Å². The van der Waals surface area contributed by atoms with Gasteiger partial charge in [-0.3, -0.25) is 0 Å². The van der Waals surface area contributed by atoms with Gasteiger partial charge in [-0.2, -0.15) is 0 Å². The highest BCUT2D eigenvalue weighted by Gasteiger charge is 2.41. The van der Waals surface area contributed by atoms with Crippen LogP contribution in [0.5, 0.6) is 0 Å². The monoisotopic (exact) mass is 820 g/mol. The molecule has 0 aliphatic heterocycles. The van der Waals surface area contributed by atoms with Crippen molar-refractivity contribution in [3.05, 3.63) is 241 Å². The lowest BCUT2D eigenvalue weighted by Gasteiger charge is -2.28. The molecule has 2 heterocycles. The lowest BCUT2D eigenvalue weighted by molar-refractivity contribution is 0.714. The van der Waals surface area contributed by atoms with Gasteiger partial charge in [-0.1, -0.05) is 194 Å². The molecule has 0 radical (unpaired) electrons. The van der Waals surface area contributed by atoms with Crippen molar-refractivity contribution in [2.24, 2.45) is 0 Å². The van der Waals surface area contributed by atoms with Crippen molar-refractivity contribution < 1.29 is 0 Å². The molecule has 0 saturated heterocycles. The van der Waals surface area contributed by atoms with E-state index in [0.29, 0.717) is 5.82 Å². The minimum Gasteiger partial charge on any atom is -0.228 e. The quantitative estimate of drug-likeness (QED) is 0.160. The molecule has 2 aromatic heterocycles. The molecule has 0 amide bonds. The molecule has 11 aromatic rings. The summed E-state index contributed by atoms with van der Waals surface area (Å²) in [5.74, 6) is 0.696. The normalized spacial score (nSPS) is 14.2. The third kappa shape index (κ3) is 6.23. The summed E-state index contributed by atoms with van der Waals surface area (Å²) in [6, 6.07) is 81.2. The first-order chi connectivity index (χ1) is 31.1. The number of aromatic nitrogens is 2. The fourth-order valence-corrected chi connectivity index (χ4v) is 11.1. The Labute approximate surface area is 371 Å². The molecule has 2 nitrogen and oxygen atoms in total. The van der Waals surface area contributed by atoms with Crippen LogP contribution < -0.4 is 0 Å². The summed E-state index contributed by atoms with van der Waals surface area (Å²) in [5, 5.41) is 2.61. The van der Waals surface area contributed by atoms with E-state index in [-0.39, 0.29) is 5.41 Å². The summed E-state index contributed by atoms with van der Waals surface area (Å²) in [5.41, 5.74) is 18.1. The molecule has 1 atom stereocenters. The lowest BCUT2D eigenvalue weighted by atomic mass is 9.74. The Balaban J connectivity index is 1.03. The van der Waals surface area contributed by atoms with Crippen LogP contribution in [-0.4, -0.2) is 9.97 Å². The summed E-state index contributed by atoms with van der Waals surface area (Å²) < 4.78 is 2.62. The van der Waals surface area contributed by atoms with Crippen molar-refractivity contribution >= 4 is 31.5 Å². The molecular formula is C60H40N2S. The van der Waals surface area contributed by atoms with Crippen LogP contribution in [0.4, 0.5) is 0 Å². The number of fused-ring (bicyclic) bond motifs is 6. The molecule has 3 heteroatoms. The second kappa shape index (κ2) is 15.0. The van der Waals surface area contributed by atoms with E-state index in [1.807, 2.05) is 17.4 Å². The van der Waals surface area contributed by atoms with Crippen LogP contribution in [0.1, 0.15) is 23.6 Å². The molecule has 296 valence electrons. The number of benzene rings is 9. The number of hydrogen-bond donors (Lipinski definition) is 0. The molecule has 1 aliphatic rings. The van der Waals surface area contributed by atoms with Crippen LogP contribution in [0.2, 0.25) is 0 Å². The summed E-state index contributed by atoms with van der Waals surface area (Å²) in [7, 11) is 0. The van der Waals surface area contributed by atoms with Gasteiger partial charge in [0.1, 0.15) is 0 Å². The van der Waals surface area contributed by atoms with E-state index >= 15 is 0 Å². The van der Waals surface area contributed by atoms with E-state index in [1.165, 1.54) is 64.7 Å². The van der Waals surface area contributed by atoms with Gasteiger partial charge in [-0.05, 0) is 98.5 Å². The van der Waals surface area contributed by atoms with Gasteiger partial charge >= 0.3 is 0 Å². The Bertz CT molecular complexity index is 3500. The average Bonchev–Trinajstić information content (AvgIpc) is 3.88. The first-order valence-corrected chi connectivity index (χ1v) is 22.4. The van der Waals surface area contributed by atoms with Crippen molar-refractivity contribution in [2.75, 3.05) is 0 Å². The second-order valence-corrected chi connectivity index (χ2v) is 17.7. The molecule has 0 N–H and O–H groups in total. The molecule has 0 saturated carbocycles. The van der Waals surface area contributed by atoms with Crippen LogP contribution in [0, 0.1) is 0 Å². The second-order valence-electron chi connectivity index (χ2n) is 16.6. The molecule has 9 aromatic carbocycles. The zero-order valence-electron chi connectivity index (χ0n) is 34.7. The maximum atomic E-state index is 5.35. The lowest BCUT2D eigenvalue weighted by Crippen LogP contribution is -2.22. The molecule has 1 unspecified atom stereocenters.